The predicted molar refractivity (Wildman–Crippen MR) is 29.4 cm³/mol. The first-order valence-electron chi connectivity index (χ1n) is 2.60. The fourth-order valence-electron chi connectivity index (χ4n) is 0.591. The van der Waals surface area contributed by atoms with Gasteiger partial charge >= 0.3 is 0 Å². The van der Waals surface area contributed by atoms with Gasteiger partial charge in [0, 0.05) is 0 Å². The largest absolute Gasteiger partial charge is 0.388 e. The van der Waals surface area contributed by atoms with Crippen molar-refractivity contribution in [2.45, 2.75) is 13.0 Å². The molecule has 0 aromatic rings. The van der Waals surface area contributed by atoms with Crippen LogP contribution in [-0.2, 0) is 0 Å². The van der Waals surface area contributed by atoms with E-state index in [1.807, 2.05) is 14.1 Å². The lowest BCUT2D eigenvalue weighted by Gasteiger charge is -2.07. The summed E-state index contributed by atoms with van der Waals surface area (Å²) in [7, 11) is 4.04. The maximum Gasteiger partial charge on any atom is 0.103 e. The lowest BCUT2D eigenvalue weighted by molar-refractivity contribution is -0.861. The zero-order valence-corrected chi connectivity index (χ0v) is 5.23. The minimum atomic E-state index is -0.162. The van der Waals surface area contributed by atoms with Crippen LogP contribution in [0.5, 0.6) is 0 Å². The summed E-state index contributed by atoms with van der Waals surface area (Å²) in [5.74, 6) is 0. The second-order valence-electron chi connectivity index (χ2n) is 2.26. The molecule has 0 rings (SSSR count). The minimum Gasteiger partial charge on any atom is -0.388 e. The van der Waals surface area contributed by atoms with E-state index in [0.29, 0.717) is 0 Å². The van der Waals surface area contributed by atoms with E-state index in [0.717, 1.165) is 6.54 Å². The van der Waals surface area contributed by atoms with Gasteiger partial charge in [-0.1, -0.05) is 0 Å². The van der Waals surface area contributed by atoms with Crippen LogP contribution in [0.1, 0.15) is 6.92 Å². The van der Waals surface area contributed by atoms with Crippen molar-refractivity contribution < 1.29 is 10.0 Å². The highest BCUT2D eigenvalue weighted by Crippen LogP contribution is 1.66. The Hall–Kier alpha value is -0.0800. The number of hydrogen-bond acceptors (Lipinski definition) is 1. The van der Waals surface area contributed by atoms with Crippen molar-refractivity contribution in [2.24, 2.45) is 0 Å². The molecule has 0 heterocycles. The number of quaternary nitrogens is 1. The molecule has 1 atom stereocenters. The van der Waals surface area contributed by atoms with Gasteiger partial charge in [-0.05, 0) is 6.92 Å². The molecule has 2 N–H and O–H groups in total. The molecular weight excluding hydrogens is 90.1 g/mol. The molecule has 0 radical (unpaired) electrons. The van der Waals surface area contributed by atoms with Gasteiger partial charge in [-0.2, -0.15) is 0 Å². The lowest BCUT2D eigenvalue weighted by Crippen LogP contribution is -3.06. The summed E-state index contributed by atoms with van der Waals surface area (Å²) in [6, 6.07) is 0. The van der Waals surface area contributed by atoms with Crippen LogP contribution in [-0.4, -0.2) is 31.9 Å². The van der Waals surface area contributed by atoms with E-state index in [-0.39, 0.29) is 6.10 Å². The topological polar surface area (TPSA) is 24.7 Å². The van der Waals surface area contributed by atoms with Crippen LogP contribution in [0.4, 0.5) is 0 Å². The van der Waals surface area contributed by atoms with Crippen molar-refractivity contribution in [3.63, 3.8) is 0 Å². The maximum absolute atomic E-state index is 8.70. The quantitative estimate of drug-likeness (QED) is 0.438. The molecule has 0 bridgehead atoms. The number of aliphatic hydroxyl groups excluding tert-OH is 1. The van der Waals surface area contributed by atoms with Gasteiger partial charge in [-0.15, -0.1) is 0 Å². The van der Waals surface area contributed by atoms with Crippen molar-refractivity contribution in [1.29, 1.82) is 0 Å². The lowest BCUT2D eigenvalue weighted by atomic mass is 10.4. The summed E-state index contributed by atoms with van der Waals surface area (Å²) in [5.41, 5.74) is 0. The number of hydrogen-bond donors (Lipinski definition) is 2. The molecule has 2 nitrogen and oxygen atoms in total. The fourth-order valence-corrected chi connectivity index (χ4v) is 0.591. The van der Waals surface area contributed by atoms with E-state index in [2.05, 4.69) is 0 Å². The number of nitrogens with one attached hydrogen (secondary N) is 1. The van der Waals surface area contributed by atoms with E-state index in [1.54, 1.807) is 6.92 Å². The molecule has 0 aromatic heterocycles. The molecular formula is C5H14NO+. The third kappa shape index (κ3) is 5.92. The summed E-state index contributed by atoms with van der Waals surface area (Å²) >= 11 is 0. The van der Waals surface area contributed by atoms with E-state index in [1.165, 1.54) is 4.90 Å². The smallest absolute Gasteiger partial charge is 0.103 e. The molecule has 0 aromatic carbocycles. The normalized spacial score (nSPS) is 15.0. The summed E-state index contributed by atoms with van der Waals surface area (Å²) in [5, 5.41) is 8.70. The molecule has 0 spiro atoms. The summed E-state index contributed by atoms with van der Waals surface area (Å²) in [4.78, 5) is 1.29. The molecule has 7 heavy (non-hydrogen) atoms. The van der Waals surface area contributed by atoms with Crippen molar-refractivity contribution in [2.75, 3.05) is 20.6 Å². The van der Waals surface area contributed by atoms with Gasteiger partial charge in [0.2, 0.25) is 0 Å². The Morgan fingerprint density at radius 1 is 1.57 bits per heavy atom. The van der Waals surface area contributed by atoms with Crippen molar-refractivity contribution in [1.82, 2.24) is 0 Å². The molecule has 44 valence electrons. The Morgan fingerprint density at radius 2 is 2.00 bits per heavy atom. The van der Waals surface area contributed by atoms with Crippen LogP contribution in [0.2, 0.25) is 0 Å². The van der Waals surface area contributed by atoms with Gasteiger partial charge < -0.3 is 10.0 Å². The molecule has 0 amide bonds. The summed E-state index contributed by atoms with van der Waals surface area (Å²) in [6.45, 7) is 2.63. The molecule has 0 saturated heterocycles. The number of aliphatic hydroxyl groups is 1. The SMILES string of the molecule is CC(O)C[NH+](C)C. The van der Waals surface area contributed by atoms with Crippen molar-refractivity contribution >= 4 is 0 Å². The van der Waals surface area contributed by atoms with Crippen LogP contribution in [0.3, 0.4) is 0 Å². The van der Waals surface area contributed by atoms with E-state index in [9.17, 15) is 0 Å². The highest BCUT2D eigenvalue weighted by Gasteiger charge is 1.97. The number of rotatable bonds is 2. The van der Waals surface area contributed by atoms with Crippen molar-refractivity contribution in [3.8, 4) is 0 Å². The first kappa shape index (κ1) is 6.92. The van der Waals surface area contributed by atoms with E-state index in [4.69, 9.17) is 5.11 Å². The minimum absolute atomic E-state index is 0.162. The number of likely N-dealkylation sites (N-methyl/N-ethyl adjacent to an activating group) is 1. The van der Waals surface area contributed by atoms with E-state index >= 15 is 0 Å². The molecule has 2 heteroatoms. The molecule has 0 aliphatic carbocycles. The van der Waals surface area contributed by atoms with E-state index < -0.39 is 0 Å². The van der Waals surface area contributed by atoms with Gasteiger partial charge in [-0.3, -0.25) is 0 Å². The molecule has 0 aliphatic heterocycles. The van der Waals surface area contributed by atoms with Gasteiger partial charge in [0.15, 0.2) is 0 Å². The first-order valence-corrected chi connectivity index (χ1v) is 2.60. The van der Waals surface area contributed by atoms with Crippen molar-refractivity contribution in [3.05, 3.63) is 0 Å². The van der Waals surface area contributed by atoms with Crippen LogP contribution >= 0.6 is 0 Å². The Morgan fingerprint density at radius 3 is 2.00 bits per heavy atom. The zero-order chi connectivity index (χ0) is 5.86. The highest BCUT2D eigenvalue weighted by molar-refractivity contribution is 4.35. The van der Waals surface area contributed by atoms with Gasteiger partial charge in [-0.25, -0.2) is 0 Å². The van der Waals surface area contributed by atoms with Gasteiger partial charge in [0.1, 0.15) is 12.6 Å². The van der Waals surface area contributed by atoms with Crippen LogP contribution < -0.4 is 4.90 Å². The highest BCUT2D eigenvalue weighted by atomic mass is 16.3. The fraction of sp³-hybridized carbons (Fsp3) is 1.00. The van der Waals surface area contributed by atoms with Crippen LogP contribution in [0.25, 0.3) is 0 Å². The Bertz CT molecular complexity index is 37.3. The van der Waals surface area contributed by atoms with Crippen LogP contribution in [0, 0.1) is 0 Å². The second kappa shape index (κ2) is 2.99. The first-order chi connectivity index (χ1) is 3.13. The third-order valence-corrected chi connectivity index (χ3v) is 0.704. The summed E-state index contributed by atoms with van der Waals surface area (Å²) < 4.78 is 0. The van der Waals surface area contributed by atoms with Gasteiger partial charge in [0.05, 0.1) is 14.1 Å². The second-order valence-corrected chi connectivity index (χ2v) is 2.26. The summed E-state index contributed by atoms with van der Waals surface area (Å²) in [6.07, 6.45) is -0.162. The van der Waals surface area contributed by atoms with Gasteiger partial charge in [0.25, 0.3) is 0 Å². The molecule has 0 aliphatic rings. The zero-order valence-electron chi connectivity index (χ0n) is 5.23. The molecule has 0 saturated carbocycles. The Kier molecular flexibility index (Phi) is 2.96. The molecule has 1 unspecified atom stereocenters. The molecule has 0 fully saturated rings. The average Bonchev–Trinajstić information content (AvgIpc) is 1.27. The predicted octanol–water partition coefficient (Wildman–Crippen LogP) is -1.49. The third-order valence-electron chi connectivity index (χ3n) is 0.704. The van der Waals surface area contributed by atoms with Crippen LogP contribution in [0.15, 0.2) is 0 Å². The maximum atomic E-state index is 8.70. The standard InChI is InChI=1S/C5H13NO/c1-5(7)4-6(2)3/h5,7H,4H2,1-3H3/p+1. The average molecular weight is 104 g/mol. The Balaban J connectivity index is 2.95. The monoisotopic (exact) mass is 104 g/mol. The Labute approximate surface area is 44.8 Å².